The smallest absolute Gasteiger partial charge is 0.123 e. The fourth-order valence-corrected chi connectivity index (χ4v) is 2.45. The lowest BCUT2D eigenvalue weighted by Crippen LogP contribution is -2.30. The molecule has 0 spiro atoms. The van der Waals surface area contributed by atoms with E-state index in [9.17, 15) is 4.39 Å². The Labute approximate surface area is 109 Å². The average Bonchev–Trinajstić information content (AvgIpc) is 2.42. The van der Waals surface area contributed by atoms with Gasteiger partial charge in [-0.1, -0.05) is 19.1 Å². The maximum absolute atomic E-state index is 12.9. The second-order valence-corrected chi connectivity index (χ2v) is 4.98. The zero-order chi connectivity index (χ0) is 12.8. The van der Waals surface area contributed by atoms with Crippen LogP contribution in [0.25, 0.3) is 0 Å². The van der Waals surface area contributed by atoms with E-state index in [1.807, 2.05) is 12.1 Å². The second kappa shape index (κ2) is 6.86. The number of nitrogens with one attached hydrogen (secondary N) is 1. The molecule has 0 radical (unpaired) electrons. The highest BCUT2D eigenvalue weighted by Crippen LogP contribution is 2.19. The Balaban J connectivity index is 1.86. The first kappa shape index (κ1) is 13.5. The van der Waals surface area contributed by atoms with Crippen LogP contribution in [0.1, 0.15) is 37.8 Å². The van der Waals surface area contributed by atoms with E-state index in [0.717, 1.165) is 39.0 Å². The van der Waals surface area contributed by atoms with Gasteiger partial charge in [0, 0.05) is 19.3 Å². The predicted octanol–water partition coefficient (Wildman–Crippen LogP) is 3.29. The Morgan fingerprint density at radius 2 is 1.94 bits per heavy atom. The molecular weight excluding hydrogens is 229 g/mol. The van der Waals surface area contributed by atoms with Crippen molar-refractivity contribution in [3.63, 3.8) is 0 Å². The Bertz CT molecular complexity index is 346. The van der Waals surface area contributed by atoms with Gasteiger partial charge in [0.2, 0.25) is 0 Å². The molecule has 2 rings (SSSR count). The van der Waals surface area contributed by atoms with E-state index in [2.05, 4.69) is 12.2 Å². The van der Waals surface area contributed by atoms with E-state index in [0.29, 0.717) is 12.0 Å². The zero-order valence-electron chi connectivity index (χ0n) is 11.0. The fourth-order valence-electron chi connectivity index (χ4n) is 2.45. The van der Waals surface area contributed by atoms with Gasteiger partial charge in [-0.25, -0.2) is 4.39 Å². The van der Waals surface area contributed by atoms with E-state index >= 15 is 0 Å². The molecule has 1 saturated heterocycles. The van der Waals surface area contributed by atoms with Crippen molar-refractivity contribution in [2.45, 2.75) is 32.2 Å². The minimum Gasteiger partial charge on any atom is -0.381 e. The third-order valence-corrected chi connectivity index (χ3v) is 3.67. The van der Waals surface area contributed by atoms with Crippen LogP contribution in [0.2, 0.25) is 0 Å². The topological polar surface area (TPSA) is 21.3 Å². The molecule has 0 saturated carbocycles. The molecule has 1 heterocycles. The van der Waals surface area contributed by atoms with Crippen LogP contribution < -0.4 is 5.32 Å². The molecule has 1 aromatic carbocycles. The van der Waals surface area contributed by atoms with Crippen molar-refractivity contribution in [1.29, 1.82) is 0 Å². The molecule has 18 heavy (non-hydrogen) atoms. The molecule has 1 atom stereocenters. The quantitative estimate of drug-likeness (QED) is 0.867. The first-order chi connectivity index (χ1) is 8.79. The molecule has 1 fully saturated rings. The summed E-state index contributed by atoms with van der Waals surface area (Å²) < 4.78 is 18.3. The summed E-state index contributed by atoms with van der Waals surface area (Å²) in [6, 6.07) is 7.15. The van der Waals surface area contributed by atoms with Gasteiger partial charge >= 0.3 is 0 Å². The van der Waals surface area contributed by atoms with Crippen LogP contribution in [0.5, 0.6) is 0 Å². The van der Waals surface area contributed by atoms with E-state index in [1.54, 1.807) is 0 Å². The van der Waals surface area contributed by atoms with Gasteiger partial charge in [-0.05, 0) is 49.4 Å². The van der Waals surface area contributed by atoms with E-state index in [1.165, 1.54) is 17.7 Å². The molecule has 2 nitrogen and oxygen atoms in total. The summed E-state index contributed by atoms with van der Waals surface area (Å²) in [5, 5.41) is 3.60. The molecule has 0 aromatic heterocycles. The number of benzene rings is 1. The van der Waals surface area contributed by atoms with Crippen LogP contribution in [0.4, 0.5) is 4.39 Å². The van der Waals surface area contributed by atoms with Crippen LogP contribution in [-0.4, -0.2) is 19.8 Å². The second-order valence-electron chi connectivity index (χ2n) is 4.98. The summed E-state index contributed by atoms with van der Waals surface area (Å²) in [6.07, 6.45) is 3.31. The van der Waals surface area contributed by atoms with Gasteiger partial charge < -0.3 is 10.1 Å². The fraction of sp³-hybridized carbons (Fsp3) is 0.600. The van der Waals surface area contributed by atoms with Crippen molar-refractivity contribution in [1.82, 2.24) is 5.32 Å². The maximum Gasteiger partial charge on any atom is 0.123 e. The molecule has 3 heteroatoms. The van der Waals surface area contributed by atoms with Crippen molar-refractivity contribution in [2.24, 2.45) is 5.92 Å². The maximum atomic E-state index is 12.9. The molecular formula is C15H22FNO. The zero-order valence-corrected chi connectivity index (χ0v) is 11.0. The molecule has 1 aromatic rings. The van der Waals surface area contributed by atoms with Gasteiger partial charge in [-0.2, -0.15) is 0 Å². The minimum absolute atomic E-state index is 0.168. The van der Waals surface area contributed by atoms with E-state index in [-0.39, 0.29) is 5.82 Å². The lowest BCUT2D eigenvalue weighted by molar-refractivity contribution is 0.0654. The van der Waals surface area contributed by atoms with Gasteiger partial charge in [-0.15, -0.1) is 0 Å². The highest BCUT2D eigenvalue weighted by molar-refractivity contribution is 5.19. The highest BCUT2D eigenvalue weighted by Gasteiger charge is 2.16. The number of halogens is 1. The largest absolute Gasteiger partial charge is 0.381 e. The Morgan fingerprint density at radius 1 is 1.28 bits per heavy atom. The first-order valence-corrected chi connectivity index (χ1v) is 6.86. The number of ether oxygens (including phenoxy) is 1. The highest BCUT2D eigenvalue weighted by atomic mass is 19.1. The standard InChI is InChI=1S/C15H22FNO/c1-2-15(13-3-5-14(16)6-4-13)17-11-12-7-9-18-10-8-12/h3-6,12,15,17H,2,7-11H2,1H3. The van der Waals surface area contributed by atoms with E-state index < -0.39 is 0 Å². The van der Waals surface area contributed by atoms with Crippen molar-refractivity contribution in [2.75, 3.05) is 19.8 Å². The third-order valence-electron chi connectivity index (χ3n) is 3.67. The molecule has 1 unspecified atom stereocenters. The van der Waals surface area contributed by atoms with Crippen LogP contribution in [0.15, 0.2) is 24.3 Å². The lowest BCUT2D eigenvalue weighted by Gasteiger charge is -2.25. The summed E-state index contributed by atoms with van der Waals surface area (Å²) >= 11 is 0. The molecule has 1 aliphatic rings. The molecule has 1 aliphatic heterocycles. The van der Waals surface area contributed by atoms with Crippen LogP contribution >= 0.6 is 0 Å². The van der Waals surface area contributed by atoms with Gasteiger partial charge in [0.15, 0.2) is 0 Å². The number of rotatable bonds is 5. The minimum atomic E-state index is -0.168. The Morgan fingerprint density at radius 3 is 2.56 bits per heavy atom. The molecule has 1 N–H and O–H groups in total. The lowest BCUT2D eigenvalue weighted by atomic mass is 9.98. The van der Waals surface area contributed by atoms with Crippen LogP contribution in [-0.2, 0) is 4.74 Å². The monoisotopic (exact) mass is 251 g/mol. The molecule has 0 aliphatic carbocycles. The van der Waals surface area contributed by atoms with Gasteiger partial charge in [0.25, 0.3) is 0 Å². The van der Waals surface area contributed by atoms with Gasteiger partial charge in [0.05, 0.1) is 0 Å². The molecule has 0 amide bonds. The number of hydrogen-bond acceptors (Lipinski definition) is 2. The van der Waals surface area contributed by atoms with Gasteiger partial charge in [-0.3, -0.25) is 0 Å². The summed E-state index contributed by atoms with van der Waals surface area (Å²) in [7, 11) is 0. The first-order valence-electron chi connectivity index (χ1n) is 6.86. The van der Waals surface area contributed by atoms with E-state index in [4.69, 9.17) is 4.74 Å². The van der Waals surface area contributed by atoms with Crippen molar-refractivity contribution in [3.8, 4) is 0 Å². The van der Waals surface area contributed by atoms with Gasteiger partial charge in [0.1, 0.15) is 5.82 Å². The average molecular weight is 251 g/mol. The third kappa shape index (κ3) is 3.79. The summed E-state index contributed by atoms with van der Waals surface area (Å²) in [4.78, 5) is 0. The summed E-state index contributed by atoms with van der Waals surface area (Å²) in [5.74, 6) is 0.547. The van der Waals surface area contributed by atoms with Crippen molar-refractivity contribution in [3.05, 3.63) is 35.6 Å². The predicted molar refractivity (Wildman–Crippen MR) is 71.0 cm³/mol. The Kier molecular flexibility index (Phi) is 5.14. The Hall–Kier alpha value is -0.930. The summed E-state index contributed by atoms with van der Waals surface area (Å²) in [6.45, 7) is 4.96. The molecule has 100 valence electrons. The number of hydrogen-bond donors (Lipinski definition) is 1. The summed E-state index contributed by atoms with van der Waals surface area (Å²) in [5.41, 5.74) is 1.17. The van der Waals surface area contributed by atoms with Crippen LogP contribution in [0, 0.1) is 11.7 Å². The van der Waals surface area contributed by atoms with Crippen molar-refractivity contribution < 1.29 is 9.13 Å². The van der Waals surface area contributed by atoms with Crippen LogP contribution in [0.3, 0.4) is 0 Å². The molecule has 0 bridgehead atoms. The van der Waals surface area contributed by atoms with Crippen molar-refractivity contribution >= 4 is 0 Å². The SMILES string of the molecule is CCC(NCC1CCOCC1)c1ccc(F)cc1. The normalized spacial score (nSPS) is 18.8.